The Labute approximate surface area is 238 Å². The fourth-order valence-electron chi connectivity index (χ4n) is 4.80. The Morgan fingerprint density at radius 2 is 1.07 bits per heavy atom. The van der Waals surface area contributed by atoms with Crippen LogP contribution in [0.1, 0.15) is 12.5 Å². The van der Waals surface area contributed by atoms with Crippen LogP contribution in [-0.2, 0) is 0 Å². The van der Waals surface area contributed by atoms with Crippen molar-refractivity contribution in [3.63, 3.8) is 0 Å². The molecule has 0 amide bonds. The molecule has 1 aromatic heterocycles. The summed E-state index contributed by atoms with van der Waals surface area (Å²) < 4.78 is 16.7. The first-order chi connectivity index (χ1) is 19.7. The van der Waals surface area contributed by atoms with E-state index < -0.39 is 18.8 Å². The molecule has 0 radical (unpaired) electrons. The molecular weight excluding hydrogens is 601 g/mol. The van der Waals surface area contributed by atoms with Crippen molar-refractivity contribution in [2.75, 3.05) is 0 Å². The van der Waals surface area contributed by atoms with Crippen molar-refractivity contribution in [1.29, 1.82) is 0 Å². The summed E-state index contributed by atoms with van der Waals surface area (Å²) in [7, 11) is 0. The fourth-order valence-corrected chi connectivity index (χ4v) is 15.7. The van der Waals surface area contributed by atoms with Crippen LogP contribution in [0, 0.1) is 0 Å². The molecule has 0 saturated carbocycles. The van der Waals surface area contributed by atoms with Crippen LogP contribution in [0.5, 0.6) is 5.75 Å². The summed E-state index contributed by atoms with van der Waals surface area (Å²) in [5.41, 5.74) is 2.59. The van der Waals surface area contributed by atoms with Gasteiger partial charge in [0.2, 0.25) is 0 Å². The molecule has 6 heteroatoms. The van der Waals surface area contributed by atoms with Gasteiger partial charge in [-0.3, -0.25) is 0 Å². The van der Waals surface area contributed by atoms with E-state index in [9.17, 15) is 0 Å². The zero-order valence-corrected chi connectivity index (χ0v) is 24.9. The Bertz CT molecular complexity index is 1610. The molecular formula is C34H27N3O2Sn. The fraction of sp³-hybridized carbons (Fsp3) is 0.0294. The summed E-state index contributed by atoms with van der Waals surface area (Å²) in [6, 6.07) is 50.0. The van der Waals surface area contributed by atoms with Crippen LogP contribution in [0.2, 0.25) is 0 Å². The van der Waals surface area contributed by atoms with Crippen LogP contribution in [0.3, 0.4) is 0 Å². The van der Waals surface area contributed by atoms with Crippen LogP contribution in [0.25, 0.3) is 11.5 Å². The van der Waals surface area contributed by atoms with Crippen LogP contribution in [0.15, 0.2) is 155 Å². The van der Waals surface area contributed by atoms with Crippen LogP contribution < -0.4 is 13.8 Å². The van der Waals surface area contributed by atoms with Crippen molar-refractivity contribution in [2.24, 2.45) is 4.99 Å². The van der Waals surface area contributed by atoms with Crippen molar-refractivity contribution in [3.05, 3.63) is 151 Å². The molecule has 0 spiro atoms. The van der Waals surface area contributed by atoms with Gasteiger partial charge in [-0.15, -0.1) is 0 Å². The monoisotopic (exact) mass is 629 g/mol. The van der Waals surface area contributed by atoms with E-state index in [0.29, 0.717) is 5.89 Å². The molecule has 194 valence electrons. The molecule has 0 aliphatic rings. The van der Waals surface area contributed by atoms with Gasteiger partial charge in [0.15, 0.2) is 0 Å². The Morgan fingerprint density at radius 3 is 1.57 bits per heavy atom. The molecule has 0 aliphatic heterocycles. The molecule has 0 fully saturated rings. The van der Waals surface area contributed by atoms with Crippen LogP contribution in [0.4, 0.5) is 6.01 Å². The molecule has 1 heterocycles. The molecule has 6 rings (SSSR count). The number of rotatable bonds is 8. The van der Waals surface area contributed by atoms with E-state index in [1.165, 1.54) is 10.7 Å². The third-order valence-corrected chi connectivity index (χ3v) is 18.1. The predicted octanol–water partition coefficient (Wildman–Crippen LogP) is 5.92. The van der Waals surface area contributed by atoms with E-state index >= 15 is 0 Å². The number of benzene rings is 5. The molecule has 40 heavy (non-hydrogen) atoms. The zero-order valence-electron chi connectivity index (χ0n) is 22.0. The Balaban J connectivity index is 1.34. The minimum atomic E-state index is -3.90. The first-order valence-electron chi connectivity index (χ1n) is 13.1. The average molecular weight is 628 g/mol. The number of aromatic nitrogens is 2. The molecule has 6 aromatic rings. The van der Waals surface area contributed by atoms with E-state index in [0.717, 1.165) is 22.6 Å². The number of nitrogens with zero attached hydrogens (tertiary/aromatic N) is 3. The molecule has 0 bridgehead atoms. The maximum absolute atomic E-state index is 7.19. The zero-order chi connectivity index (χ0) is 27.2. The SMILES string of the molecule is C/C(=N\c1nnc(-c2ccccc2)o1)c1ccc([O][Sn]([c]2ccccc2)([c]2ccccc2)[c]2ccccc2)cc1. The van der Waals surface area contributed by atoms with E-state index in [-0.39, 0.29) is 6.01 Å². The second-order valence-corrected chi connectivity index (χ2v) is 18.8. The summed E-state index contributed by atoms with van der Waals surface area (Å²) in [6.45, 7) is 1.93. The van der Waals surface area contributed by atoms with Crippen molar-refractivity contribution in [1.82, 2.24) is 10.2 Å². The molecule has 0 saturated heterocycles. The third kappa shape index (κ3) is 5.33. The van der Waals surface area contributed by atoms with E-state index in [1.807, 2.05) is 61.5 Å². The normalized spacial score (nSPS) is 11.8. The minimum absolute atomic E-state index is 0.226. The van der Waals surface area contributed by atoms with Gasteiger partial charge in [-0.25, -0.2) is 0 Å². The molecule has 0 atom stereocenters. The first kappa shape index (κ1) is 25.8. The van der Waals surface area contributed by atoms with Gasteiger partial charge in [-0.1, -0.05) is 18.2 Å². The van der Waals surface area contributed by atoms with Crippen LogP contribution in [-0.4, -0.2) is 34.7 Å². The summed E-state index contributed by atoms with van der Waals surface area (Å²) in [4.78, 5) is 4.57. The van der Waals surface area contributed by atoms with Gasteiger partial charge in [-0.05, 0) is 0 Å². The predicted molar refractivity (Wildman–Crippen MR) is 163 cm³/mol. The molecule has 5 aromatic carbocycles. The van der Waals surface area contributed by atoms with Gasteiger partial charge >= 0.3 is 221 Å². The van der Waals surface area contributed by atoms with Gasteiger partial charge in [0.25, 0.3) is 0 Å². The van der Waals surface area contributed by atoms with E-state index in [2.05, 4.69) is 106 Å². The summed E-state index contributed by atoms with van der Waals surface area (Å²) in [5, 5.41) is 8.24. The van der Waals surface area contributed by atoms with Gasteiger partial charge in [-0.2, -0.15) is 0 Å². The molecule has 0 N–H and O–H groups in total. The average Bonchev–Trinajstić information content (AvgIpc) is 3.50. The Morgan fingerprint density at radius 1 is 0.600 bits per heavy atom. The summed E-state index contributed by atoms with van der Waals surface area (Å²) >= 11 is -3.90. The Kier molecular flexibility index (Phi) is 7.55. The first-order valence-corrected chi connectivity index (χ1v) is 18.6. The van der Waals surface area contributed by atoms with Gasteiger partial charge in [0.05, 0.1) is 0 Å². The second-order valence-electron chi connectivity index (χ2n) is 9.36. The van der Waals surface area contributed by atoms with Gasteiger partial charge in [0, 0.05) is 0 Å². The molecule has 0 aliphatic carbocycles. The van der Waals surface area contributed by atoms with Crippen molar-refractivity contribution in [3.8, 4) is 17.2 Å². The Hall–Kier alpha value is -4.49. The van der Waals surface area contributed by atoms with Gasteiger partial charge in [0.1, 0.15) is 0 Å². The maximum atomic E-state index is 7.19. The number of hydrogen-bond donors (Lipinski definition) is 0. The third-order valence-electron chi connectivity index (χ3n) is 6.78. The van der Waals surface area contributed by atoms with E-state index in [1.54, 1.807) is 0 Å². The van der Waals surface area contributed by atoms with Gasteiger partial charge < -0.3 is 0 Å². The van der Waals surface area contributed by atoms with Crippen molar-refractivity contribution in [2.45, 2.75) is 6.92 Å². The topological polar surface area (TPSA) is 60.5 Å². The van der Waals surface area contributed by atoms with Crippen molar-refractivity contribution < 1.29 is 7.49 Å². The van der Waals surface area contributed by atoms with E-state index in [4.69, 9.17) is 7.49 Å². The molecule has 5 nitrogen and oxygen atoms in total. The summed E-state index contributed by atoms with van der Waals surface area (Å²) in [6.07, 6.45) is 0. The van der Waals surface area contributed by atoms with Crippen LogP contribution >= 0.6 is 0 Å². The molecule has 0 unspecified atom stereocenters. The number of hydrogen-bond acceptors (Lipinski definition) is 5. The summed E-state index contributed by atoms with van der Waals surface area (Å²) in [5.74, 6) is 1.27. The standard InChI is InChI=1S/C16H13N3O2.3C6H5.Sn/c1-11(12-7-9-14(20)10-8-12)17-16-19-18-15(21-16)13-5-3-2-4-6-13;3*1-2-4-6-5-3-1;/h2-10,20H,1H3;3*1-5H;/q;;;;+1/p-1/b17-11+;;;;. The quantitative estimate of drug-likeness (QED) is 0.155. The van der Waals surface area contributed by atoms with Crippen molar-refractivity contribution >= 4 is 41.3 Å². The second kappa shape index (κ2) is 11.7. The number of aliphatic imine (C=N–C) groups is 1.